The lowest BCUT2D eigenvalue weighted by Crippen LogP contribution is -2.35. The minimum absolute atomic E-state index is 0.161. The van der Waals surface area contributed by atoms with Crippen molar-refractivity contribution in [2.75, 3.05) is 11.9 Å². The van der Waals surface area contributed by atoms with E-state index in [0.29, 0.717) is 0 Å². The first-order valence-corrected chi connectivity index (χ1v) is 7.56. The highest BCUT2D eigenvalue weighted by atomic mass is 32.2. The number of halogens is 4. The zero-order valence-corrected chi connectivity index (χ0v) is 12.2. The second-order valence-corrected chi connectivity index (χ2v) is 6.37. The molecule has 0 heterocycles. The van der Waals surface area contributed by atoms with Crippen molar-refractivity contribution in [2.24, 2.45) is 0 Å². The van der Waals surface area contributed by atoms with Crippen molar-refractivity contribution in [1.29, 1.82) is 0 Å². The highest BCUT2D eigenvalue weighted by molar-refractivity contribution is 7.89. The highest BCUT2D eigenvalue weighted by Gasteiger charge is 2.40. The largest absolute Gasteiger partial charge is 0.378 e. The molecule has 0 aromatic heterocycles. The van der Waals surface area contributed by atoms with Crippen LogP contribution in [0.2, 0.25) is 0 Å². The molecule has 0 aliphatic heterocycles. The zero-order chi connectivity index (χ0) is 16.3. The Hall–Kier alpha value is -1.35. The molecule has 1 rings (SSSR count). The quantitative estimate of drug-likeness (QED) is 0.757. The number of sulfonamides is 1. The smallest absolute Gasteiger partial charge is 0.324 e. The molecule has 21 heavy (non-hydrogen) atoms. The number of benzene rings is 1. The first-order chi connectivity index (χ1) is 9.56. The minimum Gasteiger partial charge on any atom is -0.378 e. The van der Waals surface area contributed by atoms with Crippen molar-refractivity contribution in [3.05, 3.63) is 24.3 Å². The van der Waals surface area contributed by atoms with Crippen molar-refractivity contribution < 1.29 is 26.0 Å². The summed E-state index contributed by atoms with van der Waals surface area (Å²) in [5.41, 5.74) is -0.161. The molecule has 0 radical (unpaired) electrons. The number of para-hydroxylation sites is 1. The second-order valence-electron chi connectivity index (χ2n) is 4.69. The van der Waals surface area contributed by atoms with Crippen LogP contribution in [0, 0.1) is 0 Å². The van der Waals surface area contributed by atoms with Crippen molar-refractivity contribution in [3.8, 4) is 0 Å². The molecule has 2 N–H and O–H groups in total. The Kier molecular flexibility index (Phi) is 5.57. The molecule has 0 bridgehead atoms. The van der Waals surface area contributed by atoms with Crippen LogP contribution >= 0.6 is 0 Å². The molecule has 0 saturated carbocycles. The average Bonchev–Trinajstić information content (AvgIpc) is 2.35. The lowest BCUT2D eigenvalue weighted by atomic mass is 10.3. The van der Waals surface area contributed by atoms with Gasteiger partial charge in [0, 0.05) is 6.04 Å². The van der Waals surface area contributed by atoms with Gasteiger partial charge in [-0.25, -0.2) is 21.9 Å². The third-order valence-electron chi connectivity index (χ3n) is 2.40. The summed E-state index contributed by atoms with van der Waals surface area (Å²) >= 11 is 0. The van der Waals surface area contributed by atoms with Gasteiger partial charge in [0.2, 0.25) is 10.0 Å². The van der Waals surface area contributed by atoms with Gasteiger partial charge in [0.1, 0.15) is 4.90 Å². The maximum atomic E-state index is 12.9. The molecule has 0 unspecified atom stereocenters. The zero-order valence-electron chi connectivity index (χ0n) is 11.4. The summed E-state index contributed by atoms with van der Waals surface area (Å²) in [7, 11) is -3.92. The SMILES string of the molecule is CC(C)NS(=O)(=O)c1ccccc1NCC(F)(F)C(F)F. The Bertz CT molecular complexity index is 576. The van der Waals surface area contributed by atoms with Crippen LogP contribution in [-0.2, 0) is 10.0 Å². The highest BCUT2D eigenvalue weighted by Crippen LogP contribution is 2.26. The van der Waals surface area contributed by atoms with Crippen molar-refractivity contribution in [1.82, 2.24) is 4.72 Å². The van der Waals surface area contributed by atoms with E-state index in [1.807, 2.05) is 0 Å². The van der Waals surface area contributed by atoms with Crippen LogP contribution in [0.5, 0.6) is 0 Å². The molecule has 0 aliphatic carbocycles. The molecule has 4 nitrogen and oxygen atoms in total. The lowest BCUT2D eigenvalue weighted by Gasteiger charge is -2.19. The standard InChI is InChI=1S/C12H16F4N2O2S/c1-8(2)18-21(19,20)10-6-4-3-5-9(10)17-7-12(15,16)11(13)14/h3-6,8,11,17-18H,7H2,1-2H3. The van der Waals surface area contributed by atoms with Crippen molar-refractivity contribution in [3.63, 3.8) is 0 Å². The van der Waals surface area contributed by atoms with Gasteiger partial charge in [-0.1, -0.05) is 12.1 Å². The molecule has 0 atom stereocenters. The van der Waals surface area contributed by atoms with Crippen LogP contribution in [-0.4, -0.2) is 33.4 Å². The van der Waals surface area contributed by atoms with E-state index in [1.54, 1.807) is 13.8 Å². The van der Waals surface area contributed by atoms with E-state index in [0.717, 1.165) is 0 Å². The maximum absolute atomic E-state index is 12.9. The number of alkyl halides is 4. The van der Waals surface area contributed by atoms with E-state index in [1.165, 1.54) is 24.3 Å². The van der Waals surface area contributed by atoms with E-state index < -0.39 is 35.0 Å². The molecule has 0 spiro atoms. The van der Waals surface area contributed by atoms with E-state index in [9.17, 15) is 26.0 Å². The van der Waals surface area contributed by atoms with Crippen molar-refractivity contribution >= 4 is 15.7 Å². The third-order valence-corrected chi connectivity index (χ3v) is 4.12. The fourth-order valence-corrected chi connectivity index (χ4v) is 2.95. The van der Waals surface area contributed by atoms with E-state index in [2.05, 4.69) is 10.0 Å². The van der Waals surface area contributed by atoms with Crippen LogP contribution in [0.3, 0.4) is 0 Å². The first kappa shape index (κ1) is 17.7. The van der Waals surface area contributed by atoms with Gasteiger partial charge in [-0.2, -0.15) is 8.78 Å². The molecule has 0 amide bonds. The topological polar surface area (TPSA) is 58.2 Å². The van der Waals surface area contributed by atoms with Crippen LogP contribution in [0.15, 0.2) is 29.2 Å². The van der Waals surface area contributed by atoms with Gasteiger partial charge in [-0.05, 0) is 26.0 Å². The molecule has 9 heteroatoms. The summed E-state index contributed by atoms with van der Waals surface area (Å²) in [6, 6.07) is 4.86. The van der Waals surface area contributed by atoms with Gasteiger partial charge in [-0.15, -0.1) is 0 Å². The second kappa shape index (κ2) is 6.61. The summed E-state index contributed by atoms with van der Waals surface area (Å²) < 4.78 is 76.4. The number of nitrogens with one attached hydrogen (secondary N) is 2. The molecule has 0 fully saturated rings. The molecular weight excluding hydrogens is 312 g/mol. The Morgan fingerprint density at radius 1 is 1.19 bits per heavy atom. The lowest BCUT2D eigenvalue weighted by molar-refractivity contribution is -0.117. The molecule has 0 saturated heterocycles. The monoisotopic (exact) mass is 328 g/mol. The predicted molar refractivity (Wildman–Crippen MR) is 71.3 cm³/mol. The number of rotatable bonds is 7. The fraction of sp³-hybridized carbons (Fsp3) is 0.500. The molecule has 120 valence electrons. The Morgan fingerprint density at radius 3 is 2.29 bits per heavy atom. The molecule has 1 aromatic rings. The molecule has 1 aromatic carbocycles. The molecular formula is C12H16F4N2O2S. The van der Waals surface area contributed by atoms with Crippen LogP contribution in [0.25, 0.3) is 0 Å². The normalized spacial score (nSPS) is 13.0. The number of anilines is 1. The average molecular weight is 328 g/mol. The predicted octanol–water partition coefficient (Wildman–Crippen LogP) is 2.69. The molecule has 0 aliphatic rings. The van der Waals surface area contributed by atoms with Crippen molar-refractivity contribution in [2.45, 2.75) is 37.1 Å². The summed E-state index contributed by atoms with van der Waals surface area (Å²) in [5, 5.41) is 2.07. The Labute approximate surface area is 120 Å². The Morgan fingerprint density at radius 2 is 1.76 bits per heavy atom. The van der Waals surface area contributed by atoms with Gasteiger partial charge >= 0.3 is 12.3 Å². The summed E-state index contributed by atoms with van der Waals surface area (Å²) in [4.78, 5) is -0.274. The minimum atomic E-state index is -4.25. The van der Waals surface area contributed by atoms with Gasteiger partial charge in [0.25, 0.3) is 0 Å². The van der Waals surface area contributed by atoms with Gasteiger partial charge in [-0.3, -0.25) is 0 Å². The van der Waals surface area contributed by atoms with Crippen LogP contribution in [0.1, 0.15) is 13.8 Å². The van der Waals surface area contributed by atoms with Gasteiger partial charge in [0.05, 0.1) is 12.2 Å². The first-order valence-electron chi connectivity index (χ1n) is 6.07. The summed E-state index contributed by atoms with van der Waals surface area (Å²) in [6.07, 6.45) is -3.83. The number of hydrogen-bond donors (Lipinski definition) is 2. The van der Waals surface area contributed by atoms with E-state index in [4.69, 9.17) is 0 Å². The van der Waals surface area contributed by atoms with Crippen LogP contribution in [0.4, 0.5) is 23.2 Å². The van der Waals surface area contributed by atoms with Crippen LogP contribution < -0.4 is 10.0 Å². The van der Waals surface area contributed by atoms with E-state index in [-0.39, 0.29) is 10.6 Å². The van der Waals surface area contributed by atoms with E-state index >= 15 is 0 Å². The maximum Gasteiger partial charge on any atom is 0.324 e. The van der Waals surface area contributed by atoms with Gasteiger partial charge < -0.3 is 5.32 Å². The number of hydrogen-bond acceptors (Lipinski definition) is 3. The summed E-state index contributed by atoms with van der Waals surface area (Å²) in [5.74, 6) is -4.25. The Balaban J connectivity index is 3.01. The third kappa shape index (κ3) is 4.85. The fourth-order valence-electron chi connectivity index (χ4n) is 1.51. The summed E-state index contributed by atoms with van der Waals surface area (Å²) in [6.45, 7) is 1.83. The van der Waals surface area contributed by atoms with Gasteiger partial charge in [0.15, 0.2) is 0 Å².